The molecule has 3 atom stereocenters. The fraction of sp³-hybridized carbons (Fsp3) is 0.536. The molecular formula is C28H42N2O7. The Morgan fingerprint density at radius 2 is 1.84 bits per heavy atom. The number of allylic oxidation sites excluding steroid dienone is 2. The van der Waals surface area contributed by atoms with E-state index in [0.29, 0.717) is 12.8 Å². The SMILES string of the molecule is C=CCCCCC(=O)OC(c1ccccc1)C(COC)NC(=O)C(CC=C)CC(=O)NCCOCCO. The molecule has 2 amide bonds. The number of unbranched alkanes of at least 4 members (excludes halogenated alkanes) is 2. The zero-order chi connectivity index (χ0) is 27.3. The zero-order valence-electron chi connectivity index (χ0n) is 21.9. The number of ether oxygens (including phenoxy) is 3. The lowest BCUT2D eigenvalue weighted by atomic mass is 9.97. The summed E-state index contributed by atoms with van der Waals surface area (Å²) in [6.45, 7) is 8.14. The second kappa shape index (κ2) is 20.1. The minimum absolute atomic E-state index is 0.0450. The second-order valence-electron chi connectivity index (χ2n) is 8.54. The maximum absolute atomic E-state index is 13.2. The highest BCUT2D eigenvalue weighted by Gasteiger charge is 2.31. The maximum Gasteiger partial charge on any atom is 0.306 e. The van der Waals surface area contributed by atoms with Gasteiger partial charge in [0.15, 0.2) is 0 Å². The van der Waals surface area contributed by atoms with Crippen LogP contribution >= 0.6 is 0 Å². The van der Waals surface area contributed by atoms with Crippen LogP contribution in [0.25, 0.3) is 0 Å². The van der Waals surface area contributed by atoms with E-state index in [1.165, 1.54) is 7.11 Å². The highest BCUT2D eigenvalue weighted by molar-refractivity contribution is 5.86. The van der Waals surface area contributed by atoms with Gasteiger partial charge in [-0.15, -0.1) is 13.2 Å². The number of hydrogen-bond donors (Lipinski definition) is 3. The molecule has 0 bridgehead atoms. The largest absolute Gasteiger partial charge is 0.455 e. The molecule has 0 aliphatic rings. The van der Waals surface area contributed by atoms with E-state index in [1.807, 2.05) is 36.4 Å². The summed E-state index contributed by atoms with van der Waals surface area (Å²) in [7, 11) is 1.51. The van der Waals surface area contributed by atoms with Crippen molar-refractivity contribution in [3.8, 4) is 0 Å². The fourth-order valence-corrected chi connectivity index (χ4v) is 3.68. The van der Waals surface area contributed by atoms with Crippen LogP contribution in [-0.2, 0) is 28.6 Å². The first kappa shape index (κ1) is 32.0. The molecule has 0 aliphatic carbocycles. The Balaban J connectivity index is 2.91. The number of aliphatic hydroxyl groups excluding tert-OH is 1. The number of carbonyl (C=O) groups is 3. The van der Waals surface area contributed by atoms with Crippen molar-refractivity contribution in [1.29, 1.82) is 0 Å². The molecule has 1 rings (SSSR count). The number of methoxy groups -OCH3 is 1. The monoisotopic (exact) mass is 518 g/mol. The van der Waals surface area contributed by atoms with Crippen molar-refractivity contribution in [3.63, 3.8) is 0 Å². The Kier molecular flexibility index (Phi) is 17.4. The van der Waals surface area contributed by atoms with E-state index in [0.717, 1.165) is 18.4 Å². The van der Waals surface area contributed by atoms with Gasteiger partial charge in [-0.2, -0.15) is 0 Å². The van der Waals surface area contributed by atoms with Gasteiger partial charge in [0.2, 0.25) is 11.8 Å². The van der Waals surface area contributed by atoms with Gasteiger partial charge in [0.05, 0.1) is 38.4 Å². The van der Waals surface area contributed by atoms with Gasteiger partial charge in [0.25, 0.3) is 0 Å². The third-order valence-electron chi connectivity index (χ3n) is 5.52. The smallest absolute Gasteiger partial charge is 0.306 e. The van der Waals surface area contributed by atoms with E-state index in [9.17, 15) is 14.4 Å². The van der Waals surface area contributed by atoms with E-state index >= 15 is 0 Å². The van der Waals surface area contributed by atoms with Crippen LogP contribution in [0.3, 0.4) is 0 Å². The number of aliphatic hydroxyl groups is 1. The molecular weight excluding hydrogens is 476 g/mol. The van der Waals surface area contributed by atoms with Crippen molar-refractivity contribution < 1.29 is 33.7 Å². The summed E-state index contributed by atoms with van der Waals surface area (Å²) in [6.07, 6.45) is 5.48. The molecule has 9 heteroatoms. The molecule has 0 spiro atoms. The van der Waals surface area contributed by atoms with Gasteiger partial charge in [0, 0.05) is 26.5 Å². The van der Waals surface area contributed by atoms with Crippen molar-refractivity contribution in [1.82, 2.24) is 10.6 Å². The summed E-state index contributed by atoms with van der Waals surface area (Å²) in [5.74, 6) is -1.69. The van der Waals surface area contributed by atoms with Crippen LogP contribution < -0.4 is 10.6 Å². The quantitative estimate of drug-likeness (QED) is 0.130. The lowest BCUT2D eigenvalue weighted by molar-refractivity contribution is -0.153. The van der Waals surface area contributed by atoms with E-state index in [-0.39, 0.29) is 63.6 Å². The van der Waals surface area contributed by atoms with Gasteiger partial charge < -0.3 is 30.0 Å². The third-order valence-corrected chi connectivity index (χ3v) is 5.52. The first-order valence-corrected chi connectivity index (χ1v) is 12.7. The fourth-order valence-electron chi connectivity index (χ4n) is 3.68. The van der Waals surface area contributed by atoms with Gasteiger partial charge in [-0.1, -0.05) is 42.5 Å². The molecule has 0 saturated carbocycles. The second-order valence-corrected chi connectivity index (χ2v) is 8.54. The van der Waals surface area contributed by atoms with Gasteiger partial charge in [-0.05, 0) is 31.2 Å². The summed E-state index contributed by atoms with van der Waals surface area (Å²) in [6, 6.07) is 8.52. The number of amides is 2. The standard InChI is InChI=1S/C28H42N2O7/c1-4-6-7-11-15-26(33)37-27(22-13-9-8-10-14-22)24(21-35-3)30-28(34)23(12-5-2)20-25(32)29-16-18-36-19-17-31/h4-5,8-10,13-14,23-24,27,31H,1-2,6-7,11-12,15-21H2,3H3,(H,29,32)(H,30,34). The first-order chi connectivity index (χ1) is 18.0. The molecule has 3 N–H and O–H groups in total. The normalized spacial score (nSPS) is 13.1. The van der Waals surface area contributed by atoms with Gasteiger partial charge >= 0.3 is 5.97 Å². The summed E-state index contributed by atoms with van der Waals surface area (Å²) < 4.78 is 16.3. The molecule has 0 heterocycles. The van der Waals surface area contributed by atoms with E-state index < -0.39 is 18.1 Å². The van der Waals surface area contributed by atoms with Crippen LogP contribution in [0.4, 0.5) is 0 Å². The maximum atomic E-state index is 13.2. The molecule has 37 heavy (non-hydrogen) atoms. The third kappa shape index (κ3) is 13.8. The van der Waals surface area contributed by atoms with Crippen molar-refractivity contribution in [2.24, 2.45) is 5.92 Å². The molecule has 0 fully saturated rings. The molecule has 3 unspecified atom stereocenters. The van der Waals surface area contributed by atoms with E-state index in [4.69, 9.17) is 19.3 Å². The Bertz CT molecular complexity index is 816. The number of carbonyl (C=O) groups excluding carboxylic acids is 3. The predicted molar refractivity (Wildman–Crippen MR) is 142 cm³/mol. The molecule has 0 aliphatic heterocycles. The summed E-state index contributed by atoms with van der Waals surface area (Å²) in [4.78, 5) is 38.3. The number of rotatable bonds is 21. The predicted octanol–water partition coefficient (Wildman–Crippen LogP) is 2.86. The lowest BCUT2D eigenvalue weighted by Crippen LogP contribution is -2.47. The highest BCUT2D eigenvalue weighted by atomic mass is 16.5. The van der Waals surface area contributed by atoms with E-state index in [2.05, 4.69) is 23.8 Å². The average Bonchev–Trinajstić information content (AvgIpc) is 2.89. The van der Waals surface area contributed by atoms with Crippen LogP contribution in [0.1, 0.15) is 50.2 Å². The number of hydrogen-bond acceptors (Lipinski definition) is 7. The summed E-state index contributed by atoms with van der Waals surface area (Å²) in [5, 5.41) is 14.4. The minimum Gasteiger partial charge on any atom is -0.455 e. The number of benzene rings is 1. The minimum atomic E-state index is -0.765. The lowest BCUT2D eigenvalue weighted by Gasteiger charge is -2.29. The Morgan fingerprint density at radius 3 is 2.49 bits per heavy atom. The van der Waals surface area contributed by atoms with Crippen molar-refractivity contribution >= 4 is 17.8 Å². The molecule has 206 valence electrons. The zero-order valence-corrected chi connectivity index (χ0v) is 21.9. The number of nitrogens with one attached hydrogen (secondary N) is 2. The molecule has 0 saturated heterocycles. The number of esters is 1. The van der Waals surface area contributed by atoms with Crippen LogP contribution in [0.15, 0.2) is 55.6 Å². The topological polar surface area (TPSA) is 123 Å². The van der Waals surface area contributed by atoms with Crippen molar-refractivity contribution in [3.05, 3.63) is 61.2 Å². The van der Waals surface area contributed by atoms with Crippen LogP contribution in [0, 0.1) is 5.92 Å². The van der Waals surface area contributed by atoms with Crippen molar-refractivity contribution in [2.75, 3.05) is 40.1 Å². The Labute approximate surface area is 220 Å². The molecule has 0 radical (unpaired) electrons. The summed E-state index contributed by atoms with van der Waals surface area (Å²) in [5.41, 5.74) is 0.727. The van der Waals surface area contributed by atoms with Gasteiger partial charge in [-0.3, -0.25) is 14.4 Å². The Hall–Kier alpha value is -3.01. The molecule has 1 aromatic carbocycles. The Morgan fingerprint density at radius 1 is 1.08 bits per heavy atom. The van der Waals surface area contributed by atoms with E-state index in [1.54, 1.807) is 6.08 Å². The first-order valence-electron chi connectivity index (χ1n) is 12.7. The molecule has 1 aromatic rings. The van der Waals surface area contributed by atoms with Crippen molar-refractivity contribution in [2.45, 2.75) is 50.7 Å². The van der Waals surface area contributed by atoms with Crippen LogP contribution in [0.2, 0.25) is 0 Å². The highest BCUT2D eigenvalue weighted by Crippen LogP contribution is 2.24. The summed E-state index contributed by atoms with van der Waals surface area (Å²) >= 11 is 0. The molecule has 9 nitrogen and oxygen atoms in total. The molecule has 0 aromatic heterocycles. The average molecular weight is 519 g/mol. The van der Waals surface area contributed by atoms with Crippen LogP contribution in [-0.4, -0.2) is 69.0 Å². The van der Waals surface area contributed by atoms with Gasteiger partial charge in [0.1, 0.15) is 6.10 Å². The van der Waals surface area contributed by atoms with Gasteiger partial charge in [-0.25, -0.2) is 0 Å². The van der Waals surface area contributed by atoms with Crippen LogP contribution in [0.5, 0.6) is 0 Å².